The molecule has 1 aromatic heterocycles. The Morgan fingerprint density at radius 2 is 2.05 bits per heavy atom. The summed E-state index contributed by atoms with van der Waals surface area (Å²) < 4.78 is 0. The Balaban J connectivity index is 2.37. The van der Waals surface area contributed by atoms with Gasteiger partial charge in [-0.25, -0.2) is 9.59 Å². The van der Waals surface area contributed by atoms with Crippen LogP contribution >= 0.6 is 0 Å². The summed E-state index contributed by atoms with van der Waals surface area (Å²) >= 11 is 0. The van der Waals surface area contributed by atoms with Crippen LogP contribution in [0.25, 0.3) is 0 Å². The smallest absolute Gasteiger partial charge is 0.326 e. The van der Waals surface area contributed by atoms with Crippen molar-refractivity contribution in [2.75, 3.05) is 6.54 Å². The van der Waals surface area contributed by atoms with Crippen molar-refractivity contribution in [3.8, 4) is 0 Å². The number of aromatic nitrogens is 2. The van der Waals surface area contributed by atoms with Gasteiger partial charge in [-0.1, -0.05) is 6.92 Å². The predicted octanol–water partition coefficient (Wildman–Crippen LogP) is -0.611. The summed E-state index contributed by atoms with van der Waals surface area (Å²) in [5, 5.41) is 9.25. The number of nitrogens with zero attached hydrogens (tertiary/aromatic N) is 1. The number of aromatic amines is 2. The first-order chi connectivity index (χ1) is 9.40. The fourth-order valence-electron chi connectivity index (χ4n) is 2.53. The molecule has 1 amide bonds. The van der Waals surface area contributed by atoms with Crippen molar-refractivity contribution in [3.05, 3.63) is 32.6 Å². The van der Waals surface area contributed by atoms with Gasteiger partial charge in [-0.05, 0) is 18.8 Å². The second-order valence-electron chi connectivity index (χ2n) is 4.90. The van der Waals surface area contributed by atoms with Crippen LogP contribution in [-0.2, 0) is 4.79 Å². The van der Waals surface area contributed by atoms with Crippen LogP contribution < -0.4 is 11.2 Å². The Morgan fingerprint density at radius 1 is 1.35 bits per heavy atom. The molecular weight excluding hydrogens is 266 g/mol. The van der Waals surface area contributed by atoms with Crippen molar-refractivity contribution in [2.24, 2.45) is 5.92 Å². The quantitative estimate of drug-likeness (QED) is 0.667. The van der Waals surface area contributed by atoms with Gasteiger partial charge in [-0.3, -0.25) is 14.6 Å². The molecule has 20 heavy (non-hydrogen) atoms. The standard InChI is InChI=1S/C12H15N3O5/c1-6-3-2-4-15(9(6)11(18)19)10(17)7-5-8(16)14-12(20)13-7/h5-6,9H,2-4H2,1H3,(H,18,19)(H2,13,14,16,20). The lowest BCUT2D eigenvalue weighted by atomic mass is 9.90. The zero-order valence-electron chi connectivity index (χ0n) is 10.9. The maximum atomic E-state index is 12.3. The largest absolute Gasteiger partial charge is 0.480 e. The number of piperidine rings is 1. The van der Waals surface area contributed by atoms with Crippen LogP contribution in [0.15, 0.2) is 15.7 Å². The number of aliphatic carboxylic acids is 1. The SMILES string of the molecule is CC1CCCN(C(=O)c2cc(=O)[nH]c(=O)[nH]2)C1C(=O)O. The van der Waals surface area contributed by atoms with E-state index >= 15 is 0 Å². The van der Waals surface area contributed by atoms with E-state index in [0.717, 1.165) is 6.07 Å². The molecule has 0 bridgehead atoms. The zero-order valence-corrected chi connectivity index (χ0v) is 10.9. The van der Waals surface area contributed by atoms with Crippen LogP contribution in [0, 0.1) is 5.92 Å². The van der Waals surface area contributed by atoms with E-state index in [9.17, 15) is 24.3 Å². The number of carboxylic acid groups (broad SMARTS) is 1. The van der Waals surface area contributed by atoms with Crippen molar-refractivity contribution >= 4 is 11.9 Å². The molecule has 1 aliphatic heterocycles. The average molecular weight is 281 g/mol. The third-order valence-electron chi connectivity index (χ3n) is 3.44. The molecule has 0 aromatic carbocycles. The van der Waals surface area contributed by atoms with Gasteiger partial charge in [0, 0.05) is 12.6 Å². The number of H-pyrrole nitrogens is 2. The lowest BCUT2D eigenvalue weighted by Crippen LogP contribution is -2.52. The first-order valence-electron chi connectivity index (χ1n) is 6.27. The number of rotatable bonds is 2. The number of likely N-dealkylation sites (tertiary alicyclic amines) is 1. The van der Waals surface area contributed by atoms with Gasteiger partial charge < -0.3 is 15.0 Å². The minimum atomic E-state index is -1.09. The van der Waals surface area contributed by atoms with Crippen molar-refractivity contribution < 1.29 is 14.7 Å². The summed E-state index contributed by atoms with van der Waals surface area (Å²) in [7, 11) is 0. The number of carbonyl (C=O) groups is 2. The average Bonchev–Trinajstić information content (AvgIpc) is 2.35. The first kappa shape index (κ1) is 14.0. The number of nitrogens with one attached hydrogen (secondary N) is 2. The normalized spacial score (nSPS) is 22.6. The van der Waals surface area contributed by atoms with Gasteiger partial charge in [0.2, 0.25) is 0 Å². The second kappa shape index (κ2) is 5.32. The van der Waals surface area contributed by atoms with E-state index in [2.05, 4.69) is 4.98 Å². The van der Waals surface area contributed by atoms with Gasteiger partial charge in [0.25, 0.3) is 11.5 Å². The van der Waals surface area contributed by atoms with Gasteiger partial charge in [-0.2, -0.15) is 0 Å². The molecule has 2 rings (SSSR count). The zero-order chi connectivity index (χ0) is 14.9. The molecule has 3 N–H and O–H groups in total. The van der Waals surface area contributed by atoms with E-state index in [1.165, 1.54) is 4.90 Å². The summed E-state index contributed by atoms with van der Waals surface area (Å²) in [6, 6.07) is 0.0149. The van der Waals surface area contributed by atoms with Gasteiger partial charge in [0.1, 0.15) is 11.7 Å². The van der Waals surface area contributed by atoms with Gasteiger partial charge >= 0.3 is 11.7 Å². The topological polar surface area (TPSA) is 123 Å². The molecule has 8 heteroatoms. The molecule has 0 aliphatic carbocycles. The molecule has 0 spiro atoms. The predicted molar refractivity (Wildman–Crippen MR) is 68.5 cm³/mol. The summed E-state index contributed by atoms with van der Waals surface area (Å²) in [5.74, 6) is -1.91. The Hall–Kier alpha value is -2.38. The van der Waals surface area contributed by atoms with E-state index in [1.54, 1.807) is 6.92 Å². The fraction of sp³-hybridized carbons (Fsp3) is 0.500. The van der Waals surface area contributed by atoms with E-state index < -0.39 is 29.2 Å². The number of hydrogen-bond acceptors (Lipinski definition) is 4. The molecule has 108 valence electrons. The summed E-state index contributed by atoms with van der Waals surface area (Å²) in [6.45, 7) is 2.05. The van der Waals surface area contributed by atoms with Crippen LogP contribution in [0.5, 0.6) is 0 Å². The van der Waals surface area contributed by atoms with Crippen LogP contribution in [0.3, 0.4) is 0 Å². The molecule has 8 nitrogen and oxygen atoms in total. The van der Waals surface area contributed by atoms with E-state index in [1.807, 2.05) is 4.98 Å². The Kier molecular flexibility index (Phi) is 3.73. The number of amides is 1. The third-order valence-corrected chi connectivity index (χ3v) is 3.44. The summed E-state index contributed by atoms with van der Waals surface area (Å²) in [6.07, 6.45) is 1.40. The van der Waals surface area contributed by atoms with Crippen LogP contribution in [0.1, 0.15) is 30.3 Å². The third kappa shape index (κ3) is 2.63. The Morgan fingerprint density at radius 3 is 2.65 bits per heavy atom. The maximum absolute atomic E-state index is 12.3. The molecule has 2 atom stereocenters. The lowest BCUT2D eigenvalue weighted by Gasteiger charge is -2.37. The van der Waals surface area contributed by atoms with Crippen LogP contribution in [0.2, 0.25) is 0 Å². The number of carbonyl (C=O) groups excluding carboxylic acids is 1. The lowest BCUT2D eigenvalue weighted by molar-refractivity contribution is -0.145. The van der Waals surface area contributed by atoms with E-state index in [-0.39, 0.29) is 18.2 Å². The van der Waals surface area contributed by atoms with Crippen molar-refractivity contribution in [1.82, 2.24) is 14.9 Å². The van der Waals surface area contributed by atoms with Crippen molar-refractivity contribution in [2.45, 2.75) is 25.8 Å². The second-order valence-corrected chi connectivity index (χ2v) is 4.90. The van der Waals surface area contributed by atoms with Crippen LogP contribution in [-0.4, -0.2) is 44.4 Å². The monoisotopic (exact) mass is 281 g/mol. The maximum Gasteiger partial charge on any atom is 0.326 e. The molecule has 2 heterocycles. The highest BCUT2D eigenvalue weighted by molar-refractivity contribution is 5.95. The van der Waals surface area contributed by atoms with Crippen molar-refractivity contribution in [1.29, 1.82) is 0 Å². The van der Waals surface area contributed by atoms with Gasteiger partial charge in [-0.15, -0.1) is 0 Å². The highest BCUT2D eigenvalue weighted by Gasteiger charge is 2.37. The highest BCUT2D eigenvalue weighted by Crippen LogP contribution is 2.24. The molecule has 0 saturated carbocycles. The number of carboxylic acids is 1. The molecule has 1 fully saturated rings. The first-order valence-corrected chi connectivity index (χ1v) is 6.27. The molecule has 1 saturated heterocycles. The summed E-state index contributed by atoms with van der Waals surface area (Å²) in [5.41, 5.74) is -1.69. The number of hydrogen-bond donors (Lipinski definition) is 3. The summed E-state index contributed by atoms with van der Waals surface area (Å²) in [4.78, 5) is 51.4. The highest BCUT2D eigenvalue weighted by atomic mass is 16.4. The Labute approximate surface area is 113 Å². The molecule has 0 radical (unpaired) electrons. The molecule has 1 aromatic rings. The van der Waals surface area contributed by atoms with E-state index in [0.29, 0.717) is 12.8 Å². The Bertz CT molecular complexity index is 619. The fourth-order valence-corrected chi connectivity index (χ4v) is 2.53. The van der Waals surface area contributed by atoms with Crippen LogP contribution in [0.4, 0.5) is 0 Å². The minimum absolute atomic E-state index is 0.182. The molecule has 2 unspecified atom stereocenters. The van der Waals surface area contributed by atoms with Gasteiger partial charge in [0.15, 0.2) is 0 Å². The van der Waals surface area contributed by atoms with E-state index in [4.69, 9.17) is 0 Å². The molecule has 1 aliphatic rings. The molecular formula is C12H15N3O5. The van der Waals surface area contributed by atoms with Gasteiger partial charge in [0.05, 0.1) is 0 Å². The van der Waals surface area contributed by atoms with Crippen molar-refractivity contribution in [3.63, 3.8) is 0 Å². The minimum Gasteiger partial charge on any atom is -0.480 e.